The predicted octanol–water partition coefficient (Wildman–Crippen LogP) is 3.16. The van der Waals surface area contributed by atoms with Crippen LogP contribution < -0.4 is 4.41 Å². The summed E-state index contributed by atoms with van der Waals surface area (Å²) in [7, 11) is -1.83. The van der Waals surface area contributed by atoms with Crippen LogP contribution in [0.15, 0.2) is 46.8 Å². The van der Waals surface area contributed by atoms with Crippen molar-refractivity contribution in [3.8, 4) is 0 Å². The highest BCUT2D eigenvalue weighted by atomic mass is 32.2. The molecule has 0 spiro atoms. The van der Waals surface area contributed by atoms with Gasteiger partial charge in [-0.05, 0) is 50.8 Å². The van der Waals surface area contributed by atoms with Crippen molar-refractivity contribution in [1.82, 2.24) is 14.9 Å². The molecule has 1 aromatic carbocycles. The fourth-order valence-electron chi connectivity index (χ4n) is 4.33. The van der Waals surface area contributed by atoms with Crippen LogP contribution in [0.4, 0.5) is 5.13 Å². The summed E-state index contributed by atoms with van der Waals surface area (Å²) in [4.78, 5) is 7.09. The van der Waals surface area contributed by atoms with Crippen LogP contribution in [-0.2, 0) is 10.0 Å². The minimum Gasteiger partial charge on any atom is -0.284 e. The molecule has 8 heteroatoms. The molecule has 0 amide bonds. The van der Waals surface area contributed by atoms with Gasteiger partial charge in [0.25, 0.3) is 10.0 Å². The van der Waals surface area contributed by atoms with E-state index in [2.05, 4.69) is 9.88 Å². The normalized spacial score (nSPS) is 23.9. The number of sulfonamides is 1. The third-order valence-electron chi connectivity index (χ3n) is 5.58. The van der Waals surface area contributed by atoms with Crippen LogP contribution in [0.3, 0.4) is 0 Å². The number of hydrogen-bond acceptors (Lipinski definition) is 6. The number of aromatic nitrogens is 1. The van der Waals surface area contributed by atoms with Gasteiger partial charge in [0.15, 0.2) is 0 Å². The average Bonchev–Trinajstić information content (AvgIpc) is 3.32. The lowest BCUT2D eigenvalue weighted by atomic mass is 9.95. The van der Waals surface area contributed by atoms with E-state index in [0.29, 0.717) is 10.0 Å². The van der Waals surface area contributed by atoms with Gasteiger partial charge in [0.05, 0.1) is 10.6 Å². The van der Waals surface area contributed by atoms with Gasteiger partial charge >= 0.3 is 0 Å². The molecule has 3 heterocycles. The lowest BCUT2D eigenvalue weighted by Crippen LogP contribution is -2.64. The first-order chi connectivity index (χ1) is 12.6. The molecule has 2 aliphatic heterocycles. The third kappa shape index (κ3) is 2.85. The third-order valence-corrected chi connectivity index (χ3v) is 8.18. The van der Waals surface area contributed by atoms with Gasteiger partial charge in [0.1, 0.15) is 0 Å². The molecule has 0 N–H and O–H groups in total. The molecule has 0 aliphatic carbocycles. The standard InChI is InChI=1S/C18H24N4O2S2/c1-20(18-10-5-6-13-21(18)14-7-11-18)22(17-19-12-15-25-17)26(23,24)16-8-3-2-4-9-16/h2-4,8-9,12,15H,5-7,10-11,13-14H2,1H3. The summed E-state index contributed by atoms with van der Waals surface area (Å²) in [5.74, 6) is 0. The summed E-state index contributed by atoms with van der Waals surface area (Å²) in [6, 6.07) is 8.64. The quantitative estimate of drug-likeness (QED) is 0.732. The molecule has 0 bridgehead atoms. The molecular formula is C18H24N4O2S2. The average molecular weight is 393 g/mol. The van der Waals surface area contributed by atoms with E-state index in [0.717, 1.165) is 38.8 Å². The second-order valence-electron chi connectivity index (χ2n) is 6.93. The number of rotatable bonds is 5. The van der Waals surface area contributed by atoms with E-state index in [1.807, 2.05) is 23.5 Å². The Hall–Kier alpha value is -1.48. The number of hydrogen-bond donors (Lipinski definition) is 0. The zero-order chi connectivity index (χ0) is 18.2. The molecule has 0 radical (unpaired) electrons. The van der Waals surface area contributed by atoms with Gasteiger partial charge in [0.2, 0.25) is 5.13 Å². The van der Waals surface area contributed by atoms with Gasteiger partial charge in [-0.3, -0.25) is 4.90 Å². The molecule has 6 nitrogen and oxygen atoms in total. The van der Waals surface area contributed by atoms with E-state index in [4.69, 9.17) is 0 Å². The van der Waals surface area contributed by atoms with Crippen molar-refractivity contribution in [2.75, 3.05) is 24.6 Å². The summed E-state index contributed by atoms with van der Waals surface area (Å²) in [6.45, 7) is 2.06. The van der Waals surface area contributed by atoms with Crippen LogP contribution in [-0.4, -0.2) is 49.1 Å². The first-order valence-corrected chi connectivity index (χ1v) is 11.4. The predicted molar refractivity (Wildman–Crippen MR) is 103 cm³/mol. The van der Waals surface area contributed by atoms with E-state index in [1.165, 1.54) is 22.2 Å². The zero-order valence-corrected chi connectivity index (χ0v) is 16.5. The van der Waals surface area contributed by atoms with Crippen LogP contribution in [0.2, 0.25) is 0 Å². The van der Waals surface area contributed by atoms with Crippen molar-refractivity contribution in [2.45, 2.75) is 42.7 Å². The zero-order valence-electron chi connectivity index (χ0n) is 14.9. The summed E-state index contributed by atoms with van der Waals surface area (Å²) in [5.41, 5.74) is -0.244. The monoisotopic (exact) mass is 392 g/mol. The Morgan fingerprint density at radius 3 is 2.58 bits per heavy atom. The fraction of sp³-hybridized carbons (Fsp3) is 0.500. The maximum absolute atomic E-state index is 13.5. The van der Waals surface area contributed by atoms with E-state index in [1.54, 1.807) is 30.5 Å². The first-order valence-electron chi connectivity index (χ1n) is 9.04. The van der Waals surface area contributed by atoms with Crippen molar-refractivity contribution >= 4 is 26.5 Å². The second kappa shape index (κ2) is 6.92. The smallest absolute Gasteiger partial charge is 0.280 e. The van der Waals surface area contributed by atoms with Crippen LogP contribution in [0.1, 0.15) is 32.1 Å². The SMILES string of the molecule is CN(N(c1nccs1)S(=O)(=O)c1ccccc1)C12CCCCN1CCC2. The molecule has 1 aromatic heterocycles. The van der Waals surface area contributed by atoms with Gasteiger partial charge in [0, 0.05) is 25.2 Å². The van der Waals surface area contributed by atoms with Gasteiger partial charge in [-0.1, -0.05) is 18.2 Å². The first kappa shape index (κ1) is 17.9. The molecule has 2 aromatic rings. The Balaban J connectivity index is 1.80. The number of fused-ring (bicyclic) bond motifs is 1. The lowest BCUT2D eigenvalue weighted by Gasteiger charge is -2.51. The Morgan fingerprint density at radius 2 is 1.85 bits per heavy atom. The molecule has 2 fully saturated rings. The largest absolute Gasteiger partial charge is 0.284 e. The molecular weight excluding hydrogens is 368 g/mol. The van der Waals surface area contributed by atoms with Crippen molar-refractivity contribution in [2.24, 2.45) is 0 Å². The molecule has 1 unspecified atom stereocenters. The van der Waals surface area contributed by atoms with Crippen LogP contribution >= 0.6 is 11.3 Å². The number of anilines is 1. The molecule has 1 atom stereocenters. The lowest BCUT2D eigenvalue weighted by molar-refractivity contribution is -0.0392. The minimum atomic E-state index is -3.74. The van der Waals surface area contributed by atoms with Gasteiger partial charge < -0.3 is 0 Å². The van der Waals surface area contributed by atoms with Gasteiger partial charge in [-0.15, -0.1) is 11.3 Å². The number of hydrazine groups is 1. The van der Waals surface area contributed by atoms with Crippen LogP contribution in [0.25, 0.3) is 0 Å². The highest BCUT2D eigenvalue weighted by Crippen LogP contribution is 2.42. The van der Waals surface area contributed by atoms with Crippen molar-refractivity contribution < 1.29 is 8.42 Å². The van der Waals surface area contributed by atoms with E-state index >= 15 is 0 Å². The topological polar surface area (TPSA) is 56.8 Å². The summed E-state index contributed by atoms with van der Waals surface area (Å²) in [5, 5.41) is 4.25. The maximum atomic E-state index is 13.5. The summed E-state index contributed by atoms with van der Waals surface area (Å²) >= 11 is 1.35. The van der Waals surface area contributed by atoms with Gasteiger partial charge in [-0.2, -0.15) is 17.8 Å². The molecule has 140 valence electrons. The summed E-state index contributed by atoms with van der Waals surface area (Å²) < 4.78 is 28.5. The molecule has 4 rings (SSSR count). The van der Waals surface area contributed by atoms with E-state index in [-0.39, 0.29) is 5.66 Å². The number of benzene rings is 1. The second-order valence-corrected chi connectivity index (χ2v) is 9.57. The highest BCUT2D eigenvalue weighted by molar-refractivity contribution is 7.93. The van der Waals surface area contributed by atoms with Crippen molar-refractivity contribution in [3.05, 3.63) is 41.9 Å². The van der Waals surface area contributed by atoms with Crippen molar-refractivity contribution in [1.29, 1.82) is 0 Å². The number of piperidine rings is 1. The van der Waals surface area contributed by atoms with Crippen LogP contribution in [0, 0.1) is 0 Å². The molecule has 0 saturated carbocycles. The Morgan fingerprint density at radius 1 is 1.12 bits per heavy atom. The molecule has 2 saturated heterocycles. The molecule has 2 aliphatic rings. The van der Waals surface area contributed by atoms with Crippen LogP contribution in [0.5, 0.6) is 0 Å². The van der Waals surface area contributed by atoms with Crippen molar-refractivity contribution in [3.63, 3.8) is 0 Å². The maximum Gasteiger partial charge on any atom is 0.280 e. The van der Waals surface area contributed by atoms with E-state index < -0.39 is 10.0 Å². The Bertz CT molecular complexity index is 841. The highest BCUT2D eigenvalue weighted by Gasteiger charge is 2.50. The van der Waals surface area contributed by atoms with E-state index in [9.17, 15) is 8.42 Å². The summed E-state index contributed by atoms with van der Waals surface area (Å²) in [6.07, 6.45) is 7.02. The minimum absolute atomic E-state index is 0.244. The number of thiazole rings is 1. The Labute approximate surface area is 159 Å². The number of nitrogens with zero attached hydrogens (tertiary/aromatic N) is 4. The fourth-order valence-corrected chi connectivity index (χ4v) is 6.75. The molecule has 26 heavy (non-hydrogen) atoms. The Kier molecular flexibility index (Phi) is 4.77. The van der Waals surface area contributed by atoms with Gasteiger partial charge in [-0.25, -0.2) is 4.98 Å².